The first kappa shape index (κ1) is 13.9. The minimum atomic E-state index is -1.25. The number of aromatic hydroxyl groups is 1. The Hall–Kier alpha value is -2.15. The number of rotatable bonds is 5. The Bertz CT molecular complexity index is 442. The van der Waals surface area contributed by atoms with Crippen molar-refractivity contribution in [1.29, 1.82) is 0 Å². The molecule has 0 heterocycles. The van der Waals surface area contributed by atoms with Crippen LogP contribution in [0.25, 0.3) is 0 Å². The fourth-order valence-electron chi connectivity index (χ4n) is 1.28. The summed E-state index contributed by atoms with van der Waals surface area (Å²) in [6, 6.07) is 3.42. The molecule has 0 radical (unpaired) electrons. The van der Waals surface area contributed by atoms with E-state index in [9.17, 15) is 19.1 Å². The largest absolute Gasteiger partial charge is 0.507 e. The van der Waals surface area contributed by atoms with Gasteiger partial charge in [0.15, 0.2) is 6.10 Å². The molecule has 7 heteroatoms. The summed E-state index contributed by atoms with van der Waals surface area (Å²) in [5.41, 5.74) is -0.530. The van der Waals surface area contributed by atoms with Crippen LogP contribution in [0.2, 0.25) is 0 Å². The van der Waals surface area contributed by atoms with Crippen molar-refractivity contribution in [3.63, 3.8) is 0 Å². The molecular weight excluding hydrogens is 245 g/mol. The highest BCUT2D eigenvalue weighted by atomic mass is 19.1. The molecule has 0 spiro atoms. The molecule has 18 heavy (non-hydrogen) atoms. The van der Waals surface area contributed by atoms with Gasteiger partial charge in [-0.25, -0.2) is 9.18 Å². The number of benzene rings is 1. The summed E-state index contributed by atoms with van der Waals surface area (Å²) in [5, 5.41) is 20.2. The molecule has 0 saturated heterocycles. The average Bonchev–Trinajstić information content (AvgIpc) is 2.29. The van der Waals surface area contributed by atoms with E-state index in [-0.39, 0.29) is 6.54 Å². The molecule has 0 aliphatic carbocycles. The van der Waals surface area contributed by atoms with Crippen LogP contribution in [-0.2, 0) is 9.53 Å². The van der Waals surface area contributed by atoms with Crippen LogP contribution in [0.5, 0.6) is 5.75 Å². The topological polar surface area (TPSA) is 95.9 Å². The zero-order valence-electron chi connectivity index (χ0n) is 9.51. The molecule has 0 saturated carbocycles. The molecule has 98 valence electrons. The van der Waals surface area contributed by atoms with E-state index >= 15 is 0 Å². The second kappa shape index (κ2) is 5.97. The number of amides is 1. The van der Waals surface area contributed by atoms with Crippen LogP contribution < -0.4 is 5.32 Å². The number of carboxylic acid groups (broad SMARTS) is 1. The molecular formula is C11H12FNO5. The molecule has 1 amide bonds. The zero-order valence-corrected chi connectivity index (χ0v) is 9.51. The second-order valence-corrected chi connectivity index (χ2v) is 3.41. The number of halogens is 1. The lowest BCUT2D eigenvalue weighted by atomic mass is 10.1. The van der Waals surface area contributed by atoms with Gasteiger partial charge in [-0.15, -0.1) is 0 Å². The molecule has 1 atom stereocenters. The predicted molar refractivity (Wildman–Crippen MR) is 58.8 cm³/mol. The van der Waals surface area contributed by atoms with Gasteiger partial charge in [-0.2, -0.15) is 0 Å². The van der Waals surface area contributed by atoms with E-state index in [1.165, 1.54) is 13.2 Å². The number of carbonyl (C=O) groups excluding carboxylic acids is 1. The Morgan fingerprint density at radius 3 is 2.67 bits per heavy atom. The van der Waals surface area contributed by atoms with Gasteiger partial charge in [-0.05, 0) is 12.1 Å². The van der Waals surface area contributed by atoms with Gasteiger partial charge < -0.3 is 20.3 Å². The number of aliphatic carboxylic acids is 1. The number of carboxylic acids is 1. The van der Waals surface area contributed by atoms with E-state index in [4.69, 9.17) is 5.11 Å². The molecule has 0 fully saturated rings. The number of phenols is 1. The first-order valence-corrected chi connectivity index (χ1v) is 4.98. The van der Waals surface area contributed by atoms with Crippen LogP contribution >= 0.6 is 0 Å². The predicted octanol–water partition coefficient (Wildman–Crippen LogP) is 0.361. The number of hydrogen-bond donors (Lipinski definition) is 3. The van der Waals surface area contributed by atoms with Crippen LogP contribution in [0.1, 0.15) is 10.4 Å². The van der Waals surface area contributed by atoms with Crippen LogP contribution in [0, 0.1) is 5.82 Å². The van der Waals surface area contributed by atoms with Gasteiger partial charge in [-0.3, -0.25) is 4.79 Å². The minimum Gasteiger partial charge on any atom is -0.507 e. The number of methoxy groups -OCH3 is 1. The lowest BCUT2D eigenvalue weighted by Gasteiger charge is -2.12. The highest BCUT2D eigenvalue weighted by Crippen LogP contribution is 2.19. The highest BCUT2D eigenvalue weighted by Gasteiger charge is 2.20. The van der Waals surface area contributed by atoms with Gasteiger partial charge in [0, 0.05) is 7.11 Å². The molecule has 0 bridgehead atoms. The van der Waals surface area contributed by atoms with Gasteiger partial charge in [0.1, 0.15) is 17.1 Å². The third-order valence-electron chi connectivity index (χ3n) is 2.23. The number of hydrogen-bond acceptors (Lipinski definition) is 4. The Morgan fingerprint density at radius 2 is 2.17 bits per heavy atom. The highest BCUT2D eigenvalue weighted by molar-refractivity contribution is 5.97. The minimum absolute atomic E-state index is 0.335. The Labute approximate surface area is 102 Å². The SMILES string of the molecule is COC(CNC(=O)c1c(O)cccc1F)C(=O)O. The molecule has 1 aromatic carbocycles. The summed E-state index contributed by atoms with van der Waals surface area (Å²) in [7, 11) is 1.17. The summed E-state index contributed by atoms with van der Waals surface area (Å²) in [4.78, 5) is 22.2. The van der Waals surface area contributed by atoms with E-state index < -0.39 is 35.1 Å². The van der Waals surface area contributed by atoms with Crippen molar-refractivity contribution in [2.45, 2.75) is 6.10 Å². The quantitative estimate of drug-likeness (QED) is 0.707. The molecule has 0 aliphatic heterocycles. The fourth-order valence-corrected chi connectivity index (χ4v) is 1.28. The van der Waals surface area contributed by atoms with Gasteiger partial charge in [0.2, 0.25) is 0 Å². The van der Waals surface area contributed by atoms with Gasteiger partial charge in [0.05, 0.1) is 6.54 Å². The summed E-state index contributed by atoms with van der Waals surface area (Å²) in [5.74, 6) is -3.57. The number of nitrogens with one attached hydrogen (secondary N) is 1. The van der Waals surface area contributed by atoms with Crippen molar-refractivity contribution in [3.8, 4) is 5.75 Å². The first-order chi connectivity index (χ1) is 8.47. The molecule has 1 rings (SSSR count). The van der Waals surface area contributed by atoms with Crippen molar-refractivity contribution in [3.05, 3.63) is 29.6 Å². The van der Waals surface area contributed by atoms with E-state index in [0.29, 0.717) is 0 Å². The van der Waals surface area contributed by atoms with Gasteiger partial charge in [0.25, 0.3) is 5.91 Å². The summed E-state index contributed by atoms with van der Waals surface area (Å²) in [6.07, 6.45) is -1.23. The zero-order chi connectivity index (χ0) is 13.7. The first-order valence-electron chi connectivity index (χ1n) is 4.98. The maximum atomic E-state index is 13.3. The maximum absolute atomic E-state index is 13.3. The summed E-state index contributed by atoms with van der Waals surface area (Å²) < 4.78 is 17.9. The Morgan fingerprint density at radius 1 is 1.50 bits per heavy atom. The Kier molecular flexibility index (Phi) is 4.61. The van der Waals surface area contributed by atoms with Crippen LogP contribution in [-0.4, -0.2) is 41.8 Å². The summed E-state index contributed by atoms with van der Waals surface area (Å²) in [6.45, 7) is -0.335. The van der Waals surface area contributed by atoms with Gasteiger partial charge >= 0.3 is 5.97 Å². The van der Waals surface area contributed by atoms with Crippen LogP contribution in [0.15, 0.2) is 18.2 Å². The van der Waals surface area contributed by atoms with Crippen molar-refractivity contribution in [1.82, 2.24) is 5.32 Å². The van der Waals surface area contributed by atoms with Crippen LogP contribution in [0.3, 0.4) is 0 Å². The molecule has 1 aromatic rings. The summed E-state index contributed by atoms with van der Waals surface area (Å²) >= 11 is 0. The number of carbonyl (C=O) groups is 2. The lowest BCUT2D eigenvalue weighted by molar-refractivity contribution is -0.147. The standard InChI is InChI=1S/C11H12FNO5/c1-18-8(11(16)17)5-13-10(15)9-6(12)3-2-4-7(9)14/h2-4,8,14H,5H2,1H3,(H,13,15)(H,16,17). The van der Waals surface area contributed by atoms with E-state index in [1.54, 1.807) is 0 Å². The molecule has 1 unspecified atom stereocenters. The average molecular weight is 257 g/mol. The van der Waals surface area contributed by atoms with Gasteiger partial charge in [-0.1, -0.05) is 6.07 Å². The normalized spacial score (nSPS) is 11.9. The van der Waals surface area contributed by atoms with Crippen LogP contribution in [0.4, 0.5) is 4.39 Å². The number of ether oxygens (including phenoxy) is 1. The second-order valence-electron chi connectivity index (χ2n) is 3.41. The third-order valence-corrected chi connectivity index (χ3v) is 2.23. The van der Waals surface area contributed by atoms with Crippen molar-refractivity contribution in [2.24, 2.45) is 0 Å². The monoisotopic (exact) mass is 257 g/mol. The van der Waals surface area contributed by atoms with Crippen molar-refractivity contribution in [2.75, 3.05) is 13.7 Å². The van der Waals surface area contributed by atoms with Crippen molar-refractivity contribution >= 4 is 11.9 Å². The molecule has 6 nitrogen and oxygen atoms in total. The lowest BCUT2D eigenvalue weighted by Crippen LogP contribution is -2.38. The molecule has 0 aliphatic rings. The number of phenolic OH excluding ortho intramolecular Hbond substituents is 1. The van der Waals surface area contributed by atoms with Crippen molar-refractivity contribution < 1.29 is 28.9 Å². The fraction of sp³-hybridized carbons (Fsp3) is 0.273. The molecule has 0 aromatic heterocycles. The van der Waals surface area contributed by atoms with E-state index in [2.05, 4.69) is 10.1 Å². The van der Waals surface area contributed by atoms with E-state index in [1.807, 2.05) is 0 Å². The third kappa shape index (κ3) is 3.17. The Balaban J connectivity index is 2.74. The smallest absolute Gasteiger partial charge is 0.334 e. The molecule has 3 N–H and O–H groups in total. The van der Waals surface area contributed by atoms with E-state index in [0.717, 1.165) is 12.1 Å². The maximum Gasteiger partial charge on any atom is 0.334 e.